The highest BCUT2D eigenvalue weighted by molar-refractivity contribution is 6.14. The number of halogens is 1. The normalized spacial score (nSPS) is 10.6. The number of aryl methyl sites for hydroxylation is 1. The fourth-order valence-electron chi connectivity index (χ4n) is 2.65. The summed E-state index contributed by atoms with van der Waals surface area (Å²) in [5.74, 6) is -1.42. The quantitative estimate of drug-likeness (QED) is 0.722. The summed E-state index contributed by atoms with van der Waals surface area (Å²) in [5, 5.41) is 2.94. The molecule has 1 heterocycles. The van der Waals surface area contributed by atoms with Gasteiger partial charge in [-0.1, -0.05) is 12.1 Å². The molecule has 2 N–H and O–H groups in total. The highest BCUT2D eigenvalue weighted by Gasteiger charge is 2.19. The van der Waals surface area contributed by atoms with Crippen LogP contribution in [0.15, 0.2) is 42.5 Å². The second-order valence-corrected chi connectivity index (χ2v) is 5.31. The summed E-state index contributed by atoms with van der Waals surface area (Å²) >= 11 is 0. The van der Waals surface area contributed by atoms with Crippen LogP contribution < -0.4 is 5.32 Å². The topological polar surface area (TPSA) is 71.2 Å². The van der Waals surface area contributed by atoms with Crippen LogP contribution >= 0.6 is 0 Å². The maximum Gasteiger partial charge on any atom is 0.337 e. The number of aromatic nitrogens is 1. The van der Waals surface area contributed by atoms with Crippen LogP contribution in [0.25, 0.3) is 10.9 Å². The van der Waals surface area contributed by atoms with Crippen molar-refractivity contribution in [1.82, 2.24) is 4.98 Å². The predicted octanol–water partition coefficient (Wildman–Crippen LogP) is 3.65. The van der Waals surface area contributed by atoms with E-state index in [2.05, 4.69) is 15.0 Å². The number of rotatable bonds is 3. The first-order chi connectivity index (χ1) is 11.5. The van der Waals surface area contributed by atoms with Crippen molar-refractivity contribution in [1.29, 1.82) is 0 Å². The minimum atomic E-state index is -0.500. The van der Waals surface area contributed by atoms with Crippen LogP contribution in [0.3, 0.4) is 0 Å². The number of methoxy groups -OCH3 is 1. The number of esters is 1. The summed E-state index contributed by atoms with van der Waals surface area (Å²) in [6, 6.07) is 11.0. The van der Waals surface area contributed by atoms with Crippen LogP contribution in [0, 0.1) is 12.7 Å². The highest BCUT2D eigenvalue weighted by atomic mass is 19.1. The number of hydrogen-bond acceptors (Lipinski definition) is 3. The van der Waals surface area contributed by atoms with Crippen molar-refractivity contribution >= 4 is 28.5 Å². The molecule has 1 aromatic heterocycles. The molecule has 0 fully saturated rings. The number of carbonyl (C=O) groups is 2. The van der Waals surface area contributed by atoms with Gasteiger partial charge in [-0.2, -0.15) is 0 Å². The number of anilines is 1. The van der Waals surface area contributed by atoms with Crippen molar-refractivity contribution in [3.05, 3.63) is 65.1 Å². The summed E-state index contributed by atoms with van der Waals surface area (Å²) in [6.07, 6.45) is 0. The average molecular weight is 326 g/mol. The number of hydrogen-bond donors (Lipinski definition) is 2. The Labute approximate surface area is 137 Å². The van der Waals surface area contributed by atoms with E-state index in [4.69, 9.17) is 0 Å². The fourth-order valence-corrected chi connectivity index (χ4v) is 2.65. The van der Waals surface area contributed by atoms with Crippen molar-refractivity contribution in [2.24, 2.45) is 0 Å². The summed E-state index contributed by atoms with van der Waals surface area (Å²) < 4.78 is 18.8. The molecule has 0 saturated heterocycles. The Kier molecular flexibility index (Phi) is 4.04. The van der Waals surface area contributed by atoms with Crippen molar-refractivity contribution < 1.29 is 18.7 Å². The van der Waals surface area contributed by atoms with E-state index in [1.165, 1.54) is 19.2 Å². The molecule has 0 aliphatic rings. The molecule has 6 heteroatoms. The van der Waals surface area contributed by atoms with E-state index in [0.717, 1.165) is 0 Å². The minimum absolute atomic E-state index is 0.242. The number of benzene rings is 2. The van der Waals surface area contributed by atoms with Crippen LogP contribution in [0.1, 0.15) is 26.4 Å². The molecule has 0 saturated carbocycles. The van der Waals surface area contributed by atoms with Crippen molar-refractivity contribution in [2.75, 3.05) is 12.4 Å². The molecule has 1 amide bonds. The third-order valence-electron chi connectivity index (χ3n) is 3.73. The molecule has 0 spiro atoms. The van der Waals surface area contributed by atoms with Gasteiger partial charge in [0.15, 0.2) is 0 Å². The number of fused-ring (bicyclic) bond motifs is 1. The van der Waals surface area contributed by atoms with Crippen LogP contribution in [0.5, 0.6) is 0 Å². The predicted molar refractivity (Wildman–Crippen MR) is 88.7 cm³/mol. The molecule has 0 radical (unpaired) electrons. The van der Waals surface area contributed by atoms with Gasteiger partial charge in [-0.3, -0.25) is 4.79 Å². The van der Waals surface area contributed by atoms with Gasteiger partial charge >= 0.3 is 5.97 Å². The van der Waals surface area contributed by atoms with Crippen LogP contribution in [0.4, 0.5) is 10.1 Å². The first kappa shape index (κ1) is 15.7. The number of H-pyrrole nitrogens is 1. The summed E-state index contributed by atoms with van der Waals surface area (Å²) in [5.41, 5.74) is 2.11. The first-order valence-electron chi connectivity index (χ1n) is 7.27. The van der Waals surface area contributed by atoms with Crippen molar-refractivity contribution in [2.45, 2.75) is 6.92 Å². The zero-order chi connectivity index (χ0) is 17.3. The van der Waals surface area contributed by atoms with Gasteiger partial charge in [0.2, 0.25) is 0 Å². The molecule has 0 aliphatic heterocycles. The van der Waals surface area contributed by atoms with Gasteiger partial charge < -0.3 is 15.0 Å². The molecule has 0 bridgehead atoms. The van der Waals surface area contributed by atoms with E-state index in [1.807, 2.05) is 0 Å². The third kappa shape index (κ3) is 2.74. The van der Waals surface area contributed by atoms with E-state index in [0.29, 0.717) is 22.5 Å². The molecule has 0 atom stereocenters. The Morgan fingerprint density at radius 1 is 1.17 bits per heavy atom. The molecule has 24 heavy (non-hydrogen) atoms. The number of ether oxygens (including phenoxy) is 1. The molecule has 2 aromatic carbocycles. The summed E-state index contributed by atoms with van der Waals surface area (Å²) in [4.78, 5) is 27.2. The highest BCUT2D eigenvalue weighted by Crippen LogP contribution is 2.26. The Morgan fingerprint density at radius 2 is 1.92 bits per heavy atom. The van der Waals surface area contributed by atoms with Crippen molar-refractivity contribution in [3.63, 3.8) is 0 Å². The number of nitrogens with one attached hydrogen (secondary N) is 2. The van der Waals surface area contributed by atoms with Gasteiger partial charge in [0.25, 0.3) is 5.91 Å². The Morgan fingerprint density at radius 3 is 2.67 bits per heavy atom. The number of amides is 1. The summed E-state index contributed by atoms with van der Waals surface area (Å²) in [7, 11) is 1.28. The van der Waals surface area contributed by atoms with Crippen molar-refractivity contribution in [3.8, 4) is 0 Å². The molecular formula is C18H15FN2O3. The molecule has 122 valence electrons. The second kappa shape index (κ2) is 6.16. The average Bonchev–Trinajstić information content (AvgIpc) is 2.91. The standard InChI is InChI=1S/C18H15FN2O3/c1-10-15(16-13(19)7-4-8-14(16)20-10)17(22)21-12-6-3-5-11(9-12)18(23)24-2/h3-9,20H,1-2H3,(H,21,22). The molecule has 3 rings (SSSR count). The van der Waals surface area contributed by atoms with Crippen LogP contribution in [-0.2, 0) is 4.74 Å². The Hall–Kier alpha value is -3.15. The minimum Gasteiger partial charge on any atom is -0.465 e. The fraction of sp³-hybridized carbons (Fsp3) is 0.111. The SMILES string of the molecule is COC(=O)c1cccc(NC(=O)c2c(C)[nH]c3cccc(F)c23)c1. The molecule has 0 aliphatic carbocycles. The summed E-state index contributed by atoms with van der Waals surface area (Å²) in [6.45, 7) is 1.71. The maximum atomic E-state index is 14.1. The van der Waals surface area contributed by atoms with Gasteiger partial charge in [0.05, 0.1) is 18.2 Å². The zero-order valence-corrected chi connectivity index (χ0v) is 13.1. The van der Waals surface area contributed by atoms with Crippen LogP contribution in [-0.4, -0.2) is 24.0 Å². The first-order valence-corrected chi connectivity index (χ1v) is 7.27. The maximum absolute atomic E-state index is 14.1. The van der Waals surface area contributed by atoms with Gasteiger partial charge in [-0.25, -0.2) is 9.18 Å². The van der Waals surface area contributed by atoms with Gasteiger partial charge in [-0.15, -0.1) is 0 Å². The smallest absolute Gasteiger partial charge is 0.337 e. The largest absolute Gasteiger partial charge is 0.465 e. The second-order valence-electron chi connectivity index (χ2n) is 5.31. The van der Waals surface area contributed by atoms with E-state index < -0.39 is 17.7 Å². The Balaban J connectivity index is 1.97. The van der Waals surface area contributed by atoms with Gasteiger partial charge in [0.1, 0.15) is 5.82 Å². The van der Waals surface area contributed by atoms with E-state index in [9.17, 15) is 14.0 Å². The molecule has 3 aromatic rings. The molecule has 5 nitrogen and oxygen atoms in total. The lowest BCUT2D eigenvalue weighted by molar-refractivity contribution is 0.0600. The number of carbonyl (C=O) groups excluding carboxylic acids is 2. The van der Waals surface area contributed by atoms with E-state index in [-0.39, 0.29) is 10.9 Å². The van der Waals surface area contributed by atoms with Gasteiger partial charge in [0, 0.05) is 22.3 Å². The van der Waals surface area contributed by atoms with Crippen LogP contribution in [0.2, 0.25) is 0 Å². The Bertz CT molecular complexity index is 947. The molecular weight excluding hydrogens is 311 g/mol. The lowest BCUT2D eigenvalue weighted by atomic mass is 10.1. The van der Waals surface area contributed by atoms with E-state index in [1.54, 1.807) is 37.3 Å². The molecule has 0 unspecified atom stereocenters. The number of aromatic amines is 1. The lowest BCUT2D eigenvalue weighted by Gasteiger charge is -2.07. The lowest BCUT2D eigenvalue weighted by Crippen LogP contribution is -2.13. The zero-order valence-electron chi connectivity index (χ0n) is 13.1. The monoisotopic (exact) mass is 326 g/mol. The third-order valence-corrected chi connectivity index (χ3v) is 3.73. The van der Waals surface area contributed by atoms with E-state index >= 15 is 0 Å². The van der Waals surface area contributed by atoms with Gasteiger partial charge in [-0.05, 0) is 37.3 Å².